The molecule has 0 unspecified atom stereocenters. The molecule has 23 heavy (non-hydrogen) atoms. The molecular weight excluding hydrogens is 340 g/mol. The third-order valence-corrected chi connectivity index (χ3v) is 3.06. The SMILES string of the molecule is CCOC(=O)c1cnc(-c2ccc(C(F)(F)F)c(F)c2)nc1Cl. The number of benzene rings is 1. The number of alkyl halides is 3. The van der Waals surface area contributed by atoms with E-state index in [1.165, 1.54) is 0 Å². The van der Waals surface area contributed by atoms with Crippen LogP contribution in [0.4, 0.5) is 17.6 Å². The molecule has 2 rings (SSSR count). The minimum Gasteiger partial charge on any atom is -0.462 e. The smallest absolute Gasteiger partial charge is 0.419 e. The van der Waals surface area contributed by atoms with Crippen molar-refractivity contribution in [1.82, 2.24) is 9.97 Å². The van der Waals surface area contributed by atoms with E-state index in [1.54, 1.807) is 6.92 Å². The number of aromatic nitrogens is 2. The molecule has 0 saturated heterocycles. The van der Waals surface area contributed by atoms with Crippen LogP contribution in [0.1, 0.15) is 22.8 Å². The number of carbonyl (C=O) groups excluding carboxylic acids is 1. The van der Waals surface area contributed by atoms with Crippen LogP contribution in [-0.4, -0.2) is 22.5 Å². The van der Waals surface area contributed by atoms with E-state index in [0.717, 1.165) is 12.3 Å². The molecule has 0 saturated carbocycles. The minimum absolute atomic E-state index is 0.00666. The summed E-state index contributed by atoms with van der Waals surface area (Å²) in [6, 6.07) is 2.25. The molecule has 122 valence electrons. The molecule has 0 fully saturated rings. The minimum atomic E-state index is -4.80. The summed E-state index contributed by atoms with van der Waals surface area (Å²) in [6.07, 6.45) is -3.73. The van der Waals surface area contributed by atoms with E-state index in [0.29, 0.717) is 12.1 Å². The predicted octanol–water partition coefficient (Wildman–Crippen LogP) is 4.13. The molecule has 1 heterocycles. The third kappa shape index (κ3) is 3.76. The largest absolute Gasteiger partial charge is 0.462 e. The lowest BCUT2D eigenvalue weighted by molar-refractivity contribution is -0.139. The number of esters is 1. The lowest BCUT2D eigenvalue weighted by Gasteiger charge is -2.09. The maximum absolute atomic E-state index is 13.6. The second-order valence-electron chi connectivity index (χ2n) is 4.31. The molecule has 0 aliphatic heterocycles. The van der Waals surface area contributed by atoms with Gasteiger partial charge in [-0.05, 0) is 19.1 Å². The normalized spacial score (nSPS) is 11.4. The standard InChI is InChI=1S/C14H9ClF4N2O2/c1-2-23-13(22)8-6-20-12(21-11(8)15)7-3-4-9(10(16)5-7)14(17,18)19/h3-6H,2H2,1H3. The van der Waals surface area contributed by atoms with Gasteiger partial charge in [-0.25, -0.2) is 19.2 Å². The highest BCUT2D eigenvalue weighted by atomic mass is 35.5. The zero-order valence-corrected chi connectivity index (χ0v) is 12.4. The first-order valence-corrected chi connectivity index (χ1v) is 6.68. The molecule has 9 heteroatoms. The van der Waals surface area contributed by atoms with Gasteiger partial charge in [0.2, 0.25) is 0 Å². The summed E-state index contributed by atoms with van der Waals surface area (Å²) >= 11 is 5.83. The molecule has 0 spiro atoms. The average molecular weight is 349 g/mol. The van der Waals surface area contributed by atoms with Gasteiger partial charge in [0.25, 0.3) is 0 Å². The lowest BCUT2D eigenvalue weighted by Crippen LogP contribution is -2.09. The third-order valence-electron chi connectivity index (χ3n) is 2.77. The van der Waals surface area contributed by atoms with Crippen molar-refractivity contribution in [2.75, 3.05) is 6.61 Å². The van der Waals surface area contributed by atoms with Crippen molar-refractivity contribution in [3.8, 4) is 11.4 Å². The number of ether oxygens (including phenoxy) is 1. The van der Waals surface area contributed by atoms with Gasteiger partial charge in [0.1, 0.15) is 16.5 Å². The molecule has 1 aromatic carbocycles. The van der Waals surface area contributed by atoms with E-state index in [-0.39, 0.29) is 28.7 Å². The van der Waals surface area contributed by atoms with Crippen LogP contribution >= 0.6 is 11.6 Å². The van der Waals surface area contributed by atoms with E-state index < -0.39 is 23.5 Å². The Morgan fingerprint density at radius 2 is 2.04 bits per heavy atom. The molecule has 0 radical (unpaired) electrons. The fourth-order valence-corrected chi connectivity index (χ4v) is 1.94. The molecule has 0 aliphatic carbocycles. The topological polar surface area (TPSA) is 52.1 Å². The summed E-state index contributed by atoms with van der Waals surface area (Å²) in [5, 5.41) is -0.242. The molecule has 0 N–H and O–H groups in total. The van der Waals surface area contributed by atoms with Crippen molar-refractivity contribution >= 4 is 17.6 Å². The first-order valence-electron chi connectivity index (χ1n) is 6.30. The van der Waals surface area contributed by atoms with Gasteiger partial charge in [0.05, 0.1) is 12.2 Å². The Morgan fingerprint density at radius 1 is 1.35 bits per heavy atom. The molecule has 0 atom stereocenters. The van der Waals surface area contributed by atoms with Crippen LogP contribution in [0.5, 0.6) is 0 Å². The van der Waals surface area contributed by atoms with Gasteiger partial charge in [-0.2, -0.15) is 13.2 Å². The zero-order valence-electron chi connectivity index (χ0n) is 11.6. The number of hydrogen-bond acceptors (Lipinski definition) is 4. The van der Waals surface area contributed by atoms with Crippen LogP contribution in [0.15, 0.2) is 24.4 Å². The van der Waals surface area contributed by atoms with Gasteiger partial charge in [0.15, 0.2) is 5.82 Å². The highest BCUT2D eigenvalue weighted by Crippen LogP contribution is 2.33. The van der Waals surface area contributed by atoms with E-state index in [4.69, 9.17) is 16.3 Å². The fraction of sp³-hybridized carbons (Fsp3) is 0.214. The molecule has 0 amide bonds. The fourth-order valence-electron chi connectivity index (χ4n) is 1.73. The van der Waals surface area contributed by atoms with Crippen LogP contribution in [-0.2, 0) is 10.9 Å². The van der Waals surface area contributed by atoms with Crippen molar-refractivity contribution in [1.29, 1.82) is 0 Å². The van der Waals surface area contributed by atoms with Crippen molar-refractivity contribution < 1.29 is 27.1 Å². The number of carbonyl (C=O) groups is 1. The summed E-state index contributed by atoms with van der Waals surface area (Å²) in [5.41, 5.74) is -1.49. The van der Waals surface area contributed by atoms with Crippen LogP contribution in [0.25, 0.3) is 11.4 Å². The Balaban J connectivity index is 2.38. The maximum Gasteiger partial charge on any atom is 0.419 e. The number of hydrogen-bond donors (Lipinski definition) is 0. The molecular formula is C14H9ClF4N2O2. The van der Waals surface area contributed by atoms with E-state index in [9.17, 15) is 22.4 Å². The van der Waals surface area contributed by atoms with Gasteiger partial charge in [0, 0.05) is 11.8 Å². The molecule has 1 aromatic heterocycles. The van der Waals surface area contributed by atoms with Gasteiger partial charge in [-0.1, -0.05) is 17.7 Å². The number of nitrogens with zero attached hydrogens (tertiary/aromatic N) is 2. The summed E-state index contributed by atoms with van der Waals surface area (Å²) in [6.45, 7) is 1.73. The van der Waals surface area contributed by atoms with Gasteiger partial charge in [-0.3, -0.25) is 0 Å². The highest BCUT2D eigenvalue weighted by molar-refractivity contribution is 6.32. The Bertz CT molecular complexity index is 750. The summed E-state index contributed by atoms with van der Waals surface area (Å²) in [4.78, 5) is 19.1. The van der Waals surface area contributed by atoms with Crippen LogP contribution in [0.2, 0.25) is 5.15 Å². The Morgan fingerprint density at radius 3 is 2.57 bits per heavy atom. The first-order chi connectivity index (χ1) is 10.7. The van der Waals surface area contributed by atoms with Crippen molar-refractivity contribution in [2.24, 2.45) is 0 Å². The van der Waals surface area contributed by atoms with E-state index >= 15 is 0 Å². The van der Waals surface area contributed by atoms with Crippen molar-refractivity contribution in [3.05, 3.63) is 46.5 Å². The maximum atomic E-state index is 13.6. The van der Waals surface area contributed by atoms with Crippen LogP contribution in [0, 0.1) is 5.82 Å². The predicted molar refractivity (Wildman–Crippen MR) is 73.4 cm³/mol. The van der Waals surface area contributed by atoms with Crippen LogP contribution < -0.4 is 0 Å². The Hall–Kier alpha value is -2.22. The summed E-state index contributed by atoms with van der Waals surface area (Å²) in [5.74, 6) is -2.30. The van der Waals surface area contributed by atoms with Crippen molar-refractivity contribution in [2.45, 2.75) is 13.1 Å². The number of rotatable bonds is 3. The quantitative estimate of drug-likeness (QED) is 0.475. The Kier molecular flexibility index (Phi) is 4.84. The Labute approximate surface area is 133 Å². The summed E-state index contributed by atoms with van der Waals surface area (Å²) in [7, 11) is 0. The average Bonchev–Trinajstić information content (AvgIpc) is 2.45. The van der Waals surface area contributed by atoms with E-state index in [1.807, 2.05) is 0 Å². The number of halogens is 5. The van der Waals surface area contributed by atoms with E-state index in [2.05, 4.69) is 9.97 Å². The van der Waals surface area contributed by atoms with Crippen molar-refractivity contribution in [3.63, 3.8) is 0 Å². The second-order valence-corrected chi connectivity index (χ2v) is 4.67. The summed E-state index contributed by atoms with van der Waals surface area (Å²) < 4.78 is 55.8. The highest BCUT2D eigenvalue weighted by Gasteiger charge is 2.34. The lowest BCUT2D eigenvalue weighted by atomic mass is 10.1. The second kappa shape index (κ2) is 6.49. The molecule has 2 aromatic rings. The molecule has 4 nitrogen and oxygen atoms in total. The monoisotopic (exact) mass is 348 g/mol. The van der Waals surface area contributed by atoms with Crippen LogP contribution in [0.3, 0.4) is 0 Å². The molecule has 0 bridgehead atoms. The zero-order chi connectivity index (χ0) is 17.2. The van der Waals surface area contributed by atoms with Gasteiger partial charge in [-0.15, -0.1) is 0 Å². The van der Waals surface area contributed by atoms with Gasteiger partial charge < -0.3 is 4.74 Å². The molecule has 0 aliphatic rings. The van der Waals surface area contributed by atoms with Gasteiger partial charge >= 0.3 is 12.1 Å². The first kappa shape index (κ1) is 17.1.